The number of benzene rings is 2. The van der Waals surface area contributed by atoms with E-state index in [4.69, 9.17) is 4.74 Å². The Morgan fingerprint density at radius 3 is 2.47 bits per heavy atom. The van der Waals surface area contributed by atoms with Crippen LogP contribution in [-0.4, -0.2) is 33.0 Å². The summed E-state index contributed by atoms with van der Waals surface area (Å²) in [7, 11) is 0. The van der Waals surface area contributed by atoms with E-state index in [1.165, 1.54) is 11.0 Å². The van der Waals surface area contributed by atoms with Crippen molar-refractivity contribution in [3.05, 3.63) is 88.8 Å². The number of amides is 1. The topological polar surface area (TPSA) is 100.0 Å². The first kappa shape index (κ1) is 23.0. The molecule has 174 valence electrons. The SMILES string of the molecule is Cc1ccc(O)c(N2C(=O)C(=O)/C(=C(\O)c3ccc(OC(C)C)c(C)c3)C2c2ccccn2)c1. The number of hydrogen-bond acceptors (Lipinski definition) is 6. The van der Waals surface area contributed by atoms with E-state index in [0.717, 1.165) is 11.1 Å². The van der Waals surface area contributed by atoms with Crippen LogP contribution in [0, 0.1) is 13.8 Å². The highest BCUT2D eigenvalue weighted by molar-refractivity contribution is 6.51. The minimum absolute atomic E-state index is 0.0189. The van der Waals surface area contributed by atoms with Gasteiger partial charge in [-0.05, 0) is 81.3 Å². The predicted octanol–water partition coefficient (Wildman–Crippen LogP) is 4.82. The Balaban J connectivity index is 1.91. The van der Waals surface area contributed by atoms with E-state index in [1.807, 2.05) is 27.7 Å². The zero-order chi connectivity index (χ0) is 24.6. The van der Waals surface area contributed by atoms with Gasteiger partial charge in [0, 0.05) is 11.8 Å². The molecule has 3 aromatic rings. The molecule has 1 aliphatic rings. The lowest BCUT2D eigenvalue weighted by Gasteiger charge is -2.25. The molecule has 1 saturated heterocycles. The van der Waals surface area contributed by atoms with Crippen LogP contribution < -0.4 is 9.64 Å². The molecule has 0 bridgehead atoms. The van der Waals surface area contributed by atoms with Crippen molar-refractivity contribution >= 4 is 23.1 Å². The summed E-state index contributed by atoms with van der Waals surface area (Å²) >= 11 is 0. The van der Waals surface area contributed by atoms with E-state index >= 15 is 0 Å². The number of rotatable bonds is 5. The van der Waals surface area contributed by atoms with Crippen LogP contribution in [0.1, 0.15) is 42.3 Å². The lowest BCUT2D eigenvalue weighted by molar-refractivity contribution is -0.132. The molecule has 34 heavy (non-hydrogen) atoms. The summed E-state index contributed by atoms with van der Waals surface area (Å²) in [6, 6.07) is 14.0. The van der Waals surface area contributed by atoms with E-state index in [-0.39, 0.29) is 28.9 Å². The third-order valence-corrected chi connectivity index (χ3v) is 5.61. The third kappa shape index (κ3) is 4.12. The third-order valence-electron chi connectivity index (χ3n) is 5.61. The first-order chi connectivity index (χ1) is 16.2. The molecular weight excluding hydrogens is 432 g/mol. The first-order valence-corrected chi connectivity index (χ1v) is 11.0. The molecule has 7 nitrogen and oxygen atoms in total. The molecule has 1 aliphatic heterocycles. The van der Waals surface area contributed by atoms with Crippen LogP contribution in [0.3, 0.4) is 0 Å². The van der Waals surface area contributed by atoms with Gasteiger partial charge in [-0.15, -0.1) is 0 Å². The standard InChI is InChI=1S/C27H26N2O5/c1-15(2)34-22-11-9-18(14-17(22)4)25(31)23-24(19-7-5-6-12-28-19)29(27(33)26(23)32)20-13-16(3)8-10-21(20)30/h5-15,24,30-31H,1-4H3/b25-23-. The smallest absolute Gasteiger partial charge is 0.300 e. The Morgan fingerprint density at radius 2 is 1.82 bits per heavy atom. The number of hydrogen-bond donors (Lipinski definition) is 2. The van der Waals surface area contributed by atoms with Gasteiger partial charge in [0.1, 0.15) is 23.3 Å². The first-order valence-electron chi connectivity index (χ1n) is 11.0. The van der Waals surface area contributed by atoms with Gasteiger partial charge in [-0.3, -0.25) is 19.5 Å². The maximum atomic E-state index is 13.2. The van der Waals surface area contributed by atoms with Gasteiger partial charge in [0.25, 0.3) is 11.7 Å². The second kappa shape index (κ2) is 9.02. The maximum absolute atomic E-state index is 13.2. The minimum Gasteiger partial charge on any atom is -0.507 e. The second-order valence-electron chi connectivity index (χ2n) is 8.56. The highest BCUT2D eigenvalue weighted by Crippen LogP contribution is 2.44. The van der Waals surface area contributed by atoms with Gasteiger partial charge in [0.2, 0.25) is 0 Å². The number of pyridine rings is 1. The number of ether oxygens (including phenoxy) is 1. The van der Waals surface area contributed by atoms with Gasteiger partial charge >= 0.3 is 0 Å². The lowest BCUT2D eigenvalue weighted by Crippen LogP contribution is -2.30. The molecule has 0 spiro atoms. The number of phenols is 1. The van der Waals surface area contributed by atoms with Gasteiger partial charge in [0.15, 0.2) is 0 Å². The predicted molar refractivity (Wildman–Crippen MR) is 129 cm³/mol. The van der Waals surface area contributed by atoms with E-state index in [0.29, 0.717) is 17.0 Å². The molecule has 2 N–H and O–H groups in total. The molecule has 7 heteroatoms. The quantitative estimate of drug-likeness (QED) is 0.323. The highest BCUT2D eigenvalue weighted by atomic mass is 16.5. The summed E-state index contributed by atoms with van der Waals surface area (Å²) < 4.78 is 5.77. The fourth-order valence-electron chi connectivity index (χ4n) is 4.06. The molecule has 1 unspecified atom stereocenters. The van der Waals surface area contributed by atoms with E-state index in [9.17, 15) is 19.8 Å². The molecule has 1 fully saturated rings. The average molecular weight is 459 g/mol. The van der Waals surface area contributed by atoms with E-state index < -0.39 is 17.7 Å². The van der Waals surface area contributed by atoms with E-state index in [1.54, 1.807) is 54.7 Å². The molecule has 0 aliphatic carbocycles. The van der Waals surface area contributed by atoms with Crippen LogP contribution in [-0.2, 0) is 9.59 Å². The summed E-state index contributed by atoms with van der Waals surface area (Å²) in [5.41, 5.74) is 2.42. The zero-order valence-electron chi connectivity index (χ0n) is 19.4. The van der Waals surface area contributed by atoms with Crippen molar-refractivity contribution in [2.24, 2.45) is 0 Å². The number of aromatic hydroxyl groups is 1. The second-order valence-corrected chi connectivity index (χ2v) is 8.56. The molecule has 2 aromatic carbocycles. The van der Waals surface area contributed by atoms with Gasteiger partial charge in [0.05, 0.1) is 23.1 Å². The molecular formula is C27H26N2O5. The summed E-state index contributed by atoms with van der Waals surface area (Å²) in [5, 5.41) is 21.8. The number of Topliss-reactive ketones (excluding diaryl/α,β-unsaturated/α-hetero) is 1. The number of aliphatic hydroxyl groups excluding tert-OH is 1. The molecule has 0 saturated carbocycles. The largest absolute Gasteiger partial charge is 0.507 e. The van der Waals surface area contributed by atoms with Crippen LogP contribution in [0.4, 0.5) is 5.69 Å². The van der Waals surface area contributed by atoms with Crippen LogP contribution in [0.5, 0.6) is 11.5 Å². The minimum atomic E-state index is -1.01. The lowest BCUT2D eigenvalue weighted by atomic mass is 9.97. The fourth-order valence-corrected chi connectivity index (χ4v) is 4.06. The van der Waals surface area contributed by atoms with E-state index in [2.05, 4.69) is 4.98 Å². The number of carbonyl (C=O) groups excluding carboxylic acids is 2. The molecule has 1 amide bonds. The Hall–Kier alpha value is -4.13. The Labute approximate surface area is 198 Å². The van der Waals surface area contributed by atoms with Gasteiger partial charge < -0.3 is 14.9 Å². The zero-order valence-corrected chi connectivity index (χ0v) is 19.4. The summed E-state index contributed by atoms with van der Waals surface area (Å²) in [4.78, 5) is 32.0. The normalized spacial score (nSPS) is 17.4. The van der Waals surface area contributed by atoms with Gasteiger partial charge in [-0.25, -0.2) is 0 Å². The number of aryl methyl sites for hydroxylation is 2. The van der Waals surface area contributed by atoms with Crippen LogP contribution in [0.2, 0.25) is 0 Å². The summed E-state index contributed by atoms with van der Waals surface area (Å²) in [5.74, 6) is -1.51. The molecule has 1 atom stereocenters. The van der Waals surface area contributed by atoms with Crippen LogP contribution in [0.25, 0.3) is 5.76 Å². The highest BCUT2D eigenvalue weighted by Gasteiger charge is 2.48. The van der Waals surface area contributed by atoms with Crippen molar-refractivity contribution in [3.8, 4) is 11.5 Å². The number of anilines is 1. The number of nitrogens with zero attached hydrogens (tertiary/aromatic N) is 2. The monoisotopic (exact) mass is 458 g/mol. The summed E-state index contributed by atoms with van der Waals surface area (Å²) in [6.07, 6.45) is 1.53. The van der Waals surface area contributed by atoms with Crippen LogP contribution >= 0.6 is 0 Å². The average Bonchev–Trinajstić information content (AvgIpc) is 3.07. The Bertz CT molecular complexity index is 1300. The molecule has 2 heterocycles. The number of phenolic OH excluding ortho intramolecular Hbond substituents is 1. The Kier molecular flexibility index (Phi) is 6.11. The van der Waals surface area contributed by atoms with Gasteiger partial charge in [-0.1, -0.05) is 12.1 Å². The maximum Gasteiger partial charge on any atom is 0.300 e. The van der Waals surface area contributed by atoms with Crippen molar-refractivity contribution in [2.75, 3.05) is 4.90 Å². The molecule has 4 rings (SSSR count). The summed E-state index contributed by atoms with van der Waals surface area (Å²) in [6.45, 7) is 7.50. The number of aromatic nitrogens is 1. The van der Waals surface area contributed by atoms with Crippen molar-refractivity contribution in [2.45, 2.75) is 39.8 Å². The molecule has 1 aromatic heterocycles. The van der Waals surface area contributed by atoms with Crippen LogP contribution in [0.15, 0.2) is 66.4 Å². The fraction of sp³-hybridized carbons (Fsp3) is 0.222. The Morgan fingerprint density at radius 1 is 1.06 bits per heavy atom. The van der Waals surface area contributed by atoms with Crippen molar-refractivity contribution in [1.82, 2.24) is 4.98 Å². The van der Waals surface area contributed by atoms with Crippen molar-refractivity contribution < 1.29 is 24.5 Å². The molecule has 0 radical (unpaired) electrons. The number of carbonyl (C=O) groups is 2. The van der Waals surface area contributed by atoms with Crippen molar-refractivity contribution in [3.63, 3.8) is 0 Å². The number of ketones is 1. The number of aliphatic hydroxyl groups is 1. The van der Waals surface area contributed by atoms with Gasteiger partial charge in [-0.2, -0.15) is 0 Å². The van der Waals surface area contributed by atoms with Crippen molar-refractivity contribution in [1.29, 1.82) is 0 Å².